The zero-order valence-electron chi connectivity index (χ0n) is 20.3. The van der Waals surface area contributed by atoms with Gasteiger partial charge in [0.15, 0.2) is 0 Å². The molecule has 8 heteroatoms. The number of methoxy groups -OCH3 is 2. The van der Waals surface area contributed by atoms with Crippen LogP contribution in [0.1, 0.15) is 31.4 Å². The summed E-state index contributed by atoms with van der Waals surface area (Å²) < 4.78 is 16.3. The Labute approximate surface area is 204 Å². The summed E-state index contributed by atoms with van der Waals surface area (Å²) in [4.78, 5) is 35.6. The highest BCUT2D eigenvalue weighted by Gasteiger charge is 2.23. The molecule has 184 valence electrons. The van der Waals surface area contributed by atoms with Gasteiger partial charge < -0.3 is 19.5 Å². The van der Waals surface area contributed by atoms with Gasteiger partial charge in [-0.05, 0) is 58.6 Å². The zero-order chi connectivity index (χ0) is 25.4. The number of ether oxygens (including phenoxy) is 3. The van der Waals surface area contributed by atoms with E-state index in [1.807, 2.05) is 36.4 Å². The highest BCUT2D eigenvalue weighted by molar-refractivity contribution is 5.80. The van der Waals surface area contributed by atoms with Crippen molar-refractivity contribution in [3.8, 4) is 11.5 Å². The molecule has 35 heavy (non-hydrogen) atoms. The predicted octanol–water partition coefficient (Wildman–Crippen LogP) is 4.74. The van der Waals surface area contributed by atoms with Gasteiger partial charge in [0, 0.05) is 7.11 Å². The molecule has 0 spiro atoms. The van der Waals surface area contributed by atoms with Crippen molar-refractivity contribution in [2.75, 3.05) is 14.2 Å². The number of nitrogens with one attached hydrogen (secondary N) is 1. The molecule has 1 amide bonds. The van der Waals surface area contributed by atoms with E-state index < -0.39 is 0 Å². The first kappa shape index (κ1) is 25.8. The second kappa shape index (κ2) is 12.1. The lowest BCUT2D eigenvalue weighted by Crippen LogP contribution is -2.43. The Kier molecular flexibility index (Phi) is 8.92. The number of allylic oxidation sites excluding steroid dienone is 2. The minimum Gasteiger partial charge on any atom is -0.494 e. The van der Waals surface area contributed by atoms with Crippen LogP contribution in [0.15, 0.2) is 65.9 Å². The first-order valence-electron chi connectivity index (χ1n) is 11.4. The van der Waals surface area contributed by atoms with E-state index in [2.05, 4.69) is 10.5 Å². The number of amides is 1. The summed E-state index contributed by atoms with van der Waals surface area (Å²) in [6.45, 7) is 3.57. The van der Waals surface area contributed by atoms with Gasteiger partial charge in [-0.25, -0.2) is 0 Å². The maximum atomic E-state index is 12.8. The van der Waals surface area contributed by atoms with Gasteiger partial charge in [0.05, 0.1) is 31.6 Å². The Morgan fingerprint density at radius 3 is 2.63 bits per heavy atom. The van der Waals surface area contributed by atoms with Crippen LogP contribution in [0.25, 0.3) is 5.57 Å². The molecule has 0 radical (unpaired) electrons. The van der Waals surface area contributed by atoms with E-state index in [0.29, 0.717) is 23.5 Å². The molecular formula is C27H30N2O6. The van der Waals surface area contributed by atoms with E-state index in [1.165, 1.54) is 13.2 Å². The molecule has 1 unspecified atom stereocenters. The third-order valence-corrected chi connectivity index (χ3v) is 5.61. The van der Waals surface area contributed by atoms with Crippen molar-refractivity contribution < 1.29 is 23.8 Å². The van der Waals surface area contributed by atoms with Crippen LogP contribution in [0.3, 0.4) is 0 Å². The molecule has 8 nitrogen and oxygen atoms in total. The summed E-state index contributed by atoms with van der Waals surface area (Å²) in [5.41, 5.74) is 2.66. The molecule has 0 saturated carbocycles. The van der Waals surface area contributed by atoms with E-state index in [4.69, 9.17) is 14.2 Å². The van der Waals surface area contributed by atoms with Crippen LogP contribution in [0.2, 0.25) is 0 Å². The van der Waals surface area contributed by atoms with Crippen molar-refractivity contribution in [2.24, 2.45) is 11.1 Å². The van der Waals surface area contributed by atoms with Gasteiger partial charge in [-0.2, -0.15) is 0 Å². The number of esters is 1. The topological polar surface area (TPSA) is 103 Å². The Balaban J connectivity index is 1.72. The molecule has 0 heterocycles. The summed E-state index contributed by atoms with van der Waals surface area (Å²) in [5.74, 6) is 0.105. The Bertz CT molecular complexity index is 1140. The summed E-state index contributed by atoms with van der Waals surface area (Å²) in [5, 5.41) is 5.96. The van der Waals surface area contributed by atoms with Crippen LogP contribution in [-0.2, 0) is 20.7 Å². The Hall–Kier alpha value is -3.78. The molecule has 2 atom stereocenters. The smallest absolute Gasteiger partial charge is 0.313 e. The van der Waals surface area contributed by atoms with Gasteiger partial charge in [0.25, 0.3) is 0 Å². The van der Waals surface area contributed by atoms with E-state index in [9.17, 15) is 14.5 Å². The van der Waals surface area contributed by atoms with E-state index >= 15 is 0 Å². The number of nitroso groups, excluding NO2 is 1. The SMILES string of the molecule is COc1cc(CC(=O)NC2CC=CC(c3cccc(OC(=O)C(C)C)c3)=C[C@@H]2OC)ccc1N=O. The number of carbonyl (C=O) groups excluding carboxylic acids is 2. The number of nitrogens with zero attached hydrogens (tertiary/aromatic N) is 1. The molecule has 1 aliphatic rings. The van der Waals surface area contributed by atoms with Crippen LogP contribution in [0, 0.1) is 10.8 Å². The number of benzene rings is 2. The average Bonchev–Trinajstić information content (AvgIpc) is 3.06. The van der Waals surface area contributed by atoms with Crippen molar-refractivity contribution in [1.82, 2.24) is 5.32 Å². The van der Waals surface area contributed by atoms with Crippen LogP contribution in [0.5, 0.6) is 11.5 Å². The summed E-state index contributed by atoms with van der Waals surface area (Å²) in [7, 11) is 3.04. The predicted molar refractivity (Wildman–Crippen MR) is 134 cm³/mol. The van der Waals surface area contributed by atoms with Crippen molar-refractivity contribution in [3.05, 3.63) is 76.7 Å². The van der Waals surface area contributed by atoms with Gasteiger partial charge in [0.2, 0.25) is 5.91 Å². The largest absolute Gasteiger partial charge is 0.494 e. The molecule has 3 rings (SSSR count). The lowest BCUT2D eigenvalue weighted by molar-refractivity contribution is -0.137. The fourth-order valence-electron chi connectivity index (χ4n) is 3.71. The Morgan fingerprint density at radius 2 is 1.94 bits per heavy atom. The van der Waals surface area contributed by atoms with E-state index in [0.717, 1.165) is 11.1 Å². The highest BCUT2D eigenvalue weighted by Crippen LogP contribution is 2.29. The quantitative estimate of drug-likeness (QED) is 0.317. The summed E-state index contributed by atoms with van der Waals surface area (Å²) in [6, 6.07) is 11.9. The molecule has 0 fully saturated rings. The molecular weight excluding hydrogens is 448 g/mol. The number of rotatable bonds is 9. The van der Waals surface area contributed by atoms with Crippen LogP contribution in [0.4, 0.5) is 5.69 Å². The minimum atomic E-state index is -0.373. The van der Waals surface area contributed by atoms with Gasteiger partial charge in [0.1, 0.15) is 17.2 Å². The molecule has 2 aromatic carbocycles. The molecule has 1 N–H and O–H groups in total. The highest BCUT2D eigenvalue weighted by atomic mass is 16.5. The molecule has 2 aromatic rings. The lowest BCUT2D eigenvalue weighted by Gasteiger charge is -2.23. The third kappa shape index (κ3) is 6.86. The number of hydrogen-bond acceptors (Lipinski definition) is 7. The fourth-order valence-corrected chi connectivity index (χ4v) is 3.71. The van der Waals surface area contributed by atoms with E-state index in [1.54, 1.807) is 39.2 Å². The van der Waals surface area contributed by atoms with Gasteiger partial charge in [-0.3, -0.25) is 9.59 Å². The van der Waals surface area contributed by atoms with Crippen LogP contribution < -0.4 is 14.8 Å². The molecule has 0 aliphatic heterocycles. The number of hydrogen-bond donors (Lipinski definition) is 1. The maximum Gasteiger partial charge on any atom is 0.313 e. The zero-order valence-corrected chi connectivity index (χ0v) is 20.3. The second-order valence-electron chi connectivity index (χ2n) is 8.51. The monoisotopic (exact) mass is 478 g/mol. The van der Waals surface area contributed by atoms with Gasteiger partial charge in [-0.15, -0.1) is 4.91 Å². The summed E-state index contributed by atoms with van der Waals surface area (Å²) >= 11 is 0. The number of carbonyl (C=O) groups is 2. The maximum absolute atomic E-state index is 12.8. The average molecular weight is 479 g/mol. The third-order valence-electron chi connectivity index (χ3n) is 5.61. The van der Waals surface area contributed by atoms with Gasteiger partial charge >= 0.3 is 5.97 Å². The fraction of sp³-hybridized carbons (Fsp3) is 0.333. The van der Waals surface area contributed by atoms with Crippen molar-refractivity contribution in [1.29, 1.82) is 0 Å². The Morgan fingerprint density at radius 1 is 1.14 bits per heavy atom. The van der Waals surface area contributed by atoms with E-state index in [-0.39, 0.29) is 42.0 Å². The van der Waals surface area contributed by atoms with Crippen molar-refractivity contribution in [3.63, 3.8) is 0 Å². The molecule has 0 saturated heterocycles. The standard InChI is InChI=1S/C27H30N2O6/c1-17(2)27(31)35-21-9-5-7-19(15-21)20-8-6-10-22(25(16-20)34-4)28-26(30)14-18-11-12-23(29-32)24(13-18)33-3/h5-9,11-13,15-17,22,25H,10,14H2,1-4H3,(H,28,30)/t22?,25-/m0/s1. The van der Waals surface area contributed by atoms with Crippen LogP contribution >= 0.6 is 0 Å². The lowest BCUT2D eigenvalue weighted by atomic mass is 10.0. The molecule has 1 aliphatic carbocycles. The summed E-state index contributed by atoms with van der Waals surface area (Å²) in [6.07, 6.45) is 6.22. The second-order valence-corrected chi connectivity index (χ2v) is 8.51. The first-order chi connectivity index (χ1) is 16.8. The molecule has 0 aromatic heterocycles. The van der Waals surface area contributed by atoms with Gasteiger partial charge in [-0.1, -0.05) is 44.2 Å². The molecule has 0 bridgehead atoms. The van der Waals surface area contributed by atoms with Crippen molar-refractivity contribution in [2.45, 2.75) is 38.8 Å². The van der Waals surface area contributed by atoms with Crippen LogP contribution in [-0.4, -0.2) is 38.2 Å². The van der Waals surface area contributed by atoms with Crippen molar-refractivity contribution >= 4 is 23.1 Å². The normalized spacial score (nSPS) is 17.3. The minimum absolute atomic E-state index is 0.117. The first-order valence-corrected chi connectivity index (χ1v) is 11.4.